The minimum Gasteiger partial charge on any atom is -0.462 e. The number of hydrogen-bond acceptors (Lipinski definition) is 4. The zero-order valence-electron chi connectivity index (χ0n) is 9.62. The molecule has 1 aliphatic carbocycles. The Morgan fingerprint density at radius 2 is 2.44 bits per heavy atom. The number of fused-ring (bicyclic) bond motifs is 1. The molecule has 1 atom stereocenters. The molecule has 1 heterocycles. The topological polar surface area (TPSA) is 65.2 Å². The number of rotatable bonds is 2. The number of nitrogen functional groups attached to an aromatic ring is 1. The number of aromatic nitrogens is 1. The number of hydrogen-bond donors (Lipinski definition) is 1. The predicted octanol–water partition coefficient (Wildman–Crippen LogP) is 1.89. The summed E-state index contributed by atoms with van der Waals surface area (Å²) in [6, 6.07) is 1.84. The van der Waals surface area contributed by atoms with Gasteiger partial charge >= 0.3 is 5.97 Å². The SMILES string of the molecule is CCOC(=O)c1cc2c(nc1N)CCC2C. The third-order valence-electron chi connectivity index (χ3n) is 3.00. The highest BCUT2D eigenvalue weighted by molar-refractivity contribution is 5.94. The second-order valence-corrected chi connectivity index (χ2v) is 4.12. The van der Waals surface area contributed by atoms with E-state index >= 15 is 0 Å². The van der Waals surface area contributed by atoms with Crippen molar-refractivity contribution in [2.24, 2.45) is 0 Å². The van der Waals surface area contributed by atoms with Gasteiger partial charge in [0.1, 0.15) is 11.4 Å². The fraction of sp³-hybridized carbons (Fsp3) is 0.500. The van der Waals surface area contributed by atoms with Crippen molar-refractivity contribution in [1.82, 2.24) is 4.98 Å². The van der Waals surface area contributed by atoms with Gasteiger partial charge < -0.3 is 10.5 Å². The molecule has 0 aliphatic heterocycles. The molecule has 1 aromatic rings. The van der Waals surface area contributed by atoms with Gasteiger partial charge in [-0.2, -0.15) is 0 Å². The van der Waals surface area contributed by atoms with Crippen molar-refractivity contribution < 1.29 is 9.53 Å². The highest BCUT2D eigenvalue weighted by atomic mass is 16.5. The van der Waals surface area contributed by atoms with Crippen LogP contribution >= 0.6 is 0 Å². The van der Waals surface area contributed by atoms with Gasteiger partial charge in [0.05, 0.1) is 6.61 Å². The molecule has 0 radical (unpaired) electrons. The van der Waals surface area contributed by atoms with E-state index in [9.17, 15) is 4.79 Å². The molecule has 0 saturated carbocycles. The van der Waals surface area contributed by atoms with Crippen LogP contribution in [0.3, 0.4) is 0 Å². The Kier molecular flexibility index (Phi) is 2.81. The van der Waals surface area contributed by atoms with Gasteiger partial charge in [0.25, 0.3) is 0 Å². The lowest BCUT2D eigenvalue weighted by Gasteiger charge is -2.09. The van der Waals surface area contributed by atoms with Gasteiger partial charge in [0.2, 0.25) is 0 Å². The highest BCUT2D eigenvalue weighted by Crippen LogP contribution is 2.33. The van der Waals surface area contributed by atoms with Crippen molar-refractivity contribution in [3.8, 4) is 0 Å². The summed E-state index contributed by atoms with van der Waals surface area (Å²) in [4.78, 5) is 15.9. The first kappa shape index (κ1) is 10.9. The second kappa shape index (κ2) is 4.12. The van der Waals surface area contributed by atoms with E-state index in [0.717, 1.165) is 24.1 Å². The summed E-state index contributed by atoms with van der Waals surface area (Å²) in [7, 11) is 0. The zero-order valence-corrected chi connectivity index (χ0v) is 9.62. The summed E-state index contributed by atoms with van der Waals surface area (Å²) in [6.07, 6.45) is 2.03. The molecule has 0 saturated heterocycles. The molecule has 1 aliphatic rings. The van der Waals surface area contributed by atoms with Gasteiger partial charge in [-0.1, -0.05) is 6.92 Å². The first-order valence-electron chi connectivity index (χ1n) is 5.60. The summed E-state index contributed by atoms with van der Waals surface area (Å²) >= 11 is 0. The van der Waals surface area contributed by atoms with Crippen molar-refractivity contribution in [1.29, 1.82) is 0 Å². The van der Waals surface area contributed by atoms with Crippen LogP contribution in [0.2, 0.25) is 0 Å². The Labute approximate surface area is 94.8 Å². The molecule has 0 amide bonds. The first-order chi connectivity index (χ1) is 7.63. The number of nitrogens with zero attached hydrogens (tertiary/aromatic N) is 1. The normalized spacial score (nSPS) is 18.2. The summed E-state index contributed by atoms with van der Waals surface area (Å²) in [5.74, 6) is 0.358. The maximum atomic E-state index is 11.6. The molecule has 86 valence electrons. The van der Waals surface area contributed by atoms with E-state index in [2.05, 4.69) is 11.9 Å². The lowest BCUT2D eigenvalue weighted by Crippen LogP contribution is -2.11. The van der Waals surface area contributed by atoms with E-state index in [4.69, 9.17) is 10.5 Å². The van der Waals surface area contributed by atoms with Gasteiger partial charge in [0, 0.05) is 5.69 Å². The molecule has 0 fully saturated rings. The molecule has 0 spiro atoms. The van der Waals surface area contributed by atoms with E-state index in [0.29, 0.717) is 18.1 Å². The zero-order chi connectivity index (χ0) is 11.7. The average molecular weight is 220 g/mol. The number of anilines is 1. The maximum Gasteiger partial charge on any atom is 0.341 e. The molecular formula is C12H16N2O2. The lowest BCUT2D eigenvalue weighted by molar-refractivity contribution is 0.0527. The van der Waals surface area contributed by atoms with Crippen molar-refractivity contribution in [2.75, 3.05) is 12.3 Å². The number of aryl methyl sites for hydroxylation is 1. The molecule has 2 N–H and O–H groups in total. The van der Waals surface area contributed by atoms with E-state index in [-0.39, 0.29) is 11.8 Å². The highest BCUT2D eigenvalue weighted by Gasteiger charge is 2.24. The predicted molar refractivity (Wildman–Crippen MR) is 61.3 cm³/mol. The second-order valence-electron chi connectivity index (χ2n) is 4.12. The van der Waals surface area contributed by atoms with E-state index < -0.39 is 0 Å². The van der Waals surface area contributed by atoms with Gasteiger partial charge in [0.15, 0.2) is 0 Å². The van der Waals surface area contributed by atoms with E-state index in [1.807, 2.05) is 6.07 Å². The summed E-state index contributed by atoms with van der Waals surface area (Å²) < 4.78 is 4.94. The van der Waals surface area contributed by atoms with Crippen LogP contribution in [-0.4, -0.2) is 17.6 Å². The maximum absolute atomic E-state index is 11.6. The van der Waals surface area contributed by atoms with Crippen LogP contribution in [-0.2, 0) is 11.2 Å². The monoisotopic (exact) mass is 220 g/mol. The number of carbonyl (C=O) groups excluding carboxylic acids is 1. The fourth-order valence-corrected chi connectivity index (χ4v) is 2.09. The average Bonchev–Trinajstić information content (AvgIpc) is 2.59. The van der Waals surface area contributed by atoms with E-state index in [1.165, 1.54) is 0 Å². The van der Waals surface area contributed by atoms with Crippen LogP contribution in [0.4, 0.5) is 5.82 Å². The van der Waals surface area contributed by atoms with Crippen LogP contribution in [0.5, 0.6) is 0 Å². The molecule has 2 rings (SSSR count). The van der Waals surface area contributed by atoms with Crippen LogP contribution in [0, 0.1) is 0 Å². The van der Waals surface area contributed by atoms with Crippen LogP contribution in [0.25, 0.3) is 0 Å². The van der Waals surface area contributed by atoms with Crippen molar-refractivity contribution in [3.63, 3.8) is 0 Å². The summed E-state index contributed by atoms with van der Waals surface area (Å²) in [5, 5.41) is 0. The smallest absolute Gasteiger partial charge is 0.341 e. The van der Waals surface area contributed by atoms with Crippen LogP contribution < -0.4 is 5.73 Å². The van der Waals surface area contributed by atoms with Crippen molar-refractivity contribution >= 4 is 11.8 Å². The van der Waals surface area contributed by atoms with Gasteiger partial charge in [-0.15, -0.1) is 0 Å². The Morgan fingerprint density at radius 3 is 3.12 bits per heavy atom. The molecule has 0 bridgehead atoms. The standard InChI is InChI=1S/C12H16N2O2/c1-3-16-12(15)9-6-8-7(2)4-5-10(8)14-11(9)13/h6-7H,3-5H2,1-2H3,(H2,13,14). The Balaban J connectivity index is 2.40. The molecule has 1 aromatic heterocycles. The Morgan fingerprint density at radius 1 is 1.69 bits per heavy atom. The van der Waals surface area contributed by atoms with Gasteiger partial charge in [-0.05, 0) is 37.3 Å². The third-order valence-corrected chi connectivity index (χ3v) is 3.00. The molecular weight excluding hydrogens is 204 g/mol. The Bertz CT molecular complexity index is 429. The fourth-order valence-electron chi connectivity index (χ4n) is 2.09. The van der Waals surface area contributed by atoms with Crippen LogP contribution in [0.15, 0.2) is 6.07 Å². The molecule has 0 aromatic carbocycles. The van der Waals surface area contributed by atoms with Crippen LogP contribution in [0.1, 0.15) is 47.8 Å². The Hall–Kier alpha value is -1.58. The summed E-state index contributed by atoms with van der Waals surface area (Å²) in [6.45, 7) is 4.26. The number of pyridine rings is 1. The minimum atomic E-state index is -0.380. The number of carbonyl (C=O) groups is 1. The minimum absolute atomic E-state index is 0.284. The first-order valence-corrected chi connectivity index (χ1v) is 5.60. The number of nitrogens with two attached hydrogens (primary N) is 1. The molecule has 1 unspecified atom stereocenters. The van der Waals surface area contributed by atoms with Crippen molar-refractivity contribution in [3.05, 3.63) is 22.9 Å². The molecule has 4 heteroatoms. The number of esters is 1. The van der Waals surface area contributed by atoms with E-state index in [1.54, 1.807) is 6.92 Å². The van der Waals surface area contributed by atoms with Gasteiger partial charge in [-0.25, -0.2) is 9.78 Å². The third kappa shape index (κ3) is 1.75. The summed E-state index contributed by atoms with van der Waals surface area (Å²) in [5.41, 5.74) is 8.32. The molecule has 4 nitrogen and oxygen atoms in total. The quantitative estimate of drug-likeness (QED) is 0.773. The largest absolute Gasteiger partial charge is 0.462 e. The number of ether oxygens (including phenoxy) is 1. The molecule has 16 heavy (non-hydrogen) atoms. The lowest BCUT2D eigenvalue weighted by atomic mass is 10.0. The van der Waals surface area contributed by atoms with Gasteiger partial charge in [-0.3, -0.25) is 0 Å². The van der Waals surface area contributed by atoms with Crippen molar-refractivity contribution in [2.45, 2.75) is 32.6 Å².